The van der Waals surface area contributed by atoms with Crippen molar-refractivity contribution < 1.29 is 9.47 Å². The Morgan fingerprint density at radius 3 is 2.67 bits per heavy atom. The molecule has 1 heterocycles. The second-order valence-electron chi connectivity index (χ2n) is 5.28. The largest absolute Gasteiger partial charge is 0.454 e. The van der Waals surface area contributed by atoms with E-state index in [0.717, 1.165) is 34.5 Å². The van der Waals surface area contributed by atoms with Gasteiger partial charge in [0.2, 0.25) is 6.79 Å². The summed E-state index contributed by atoms with van der Waals surface area (Å²) in [7, 11) is 0. The number of halogens is 1. The van der Waals surface area contributed by atoms with Crippen molar-refractivity contribution in [2.24, 2.45) is 0 Å². The van der Waals surface area contributed by atoms with Crippen LogP contribution in [0.2, 0.25) is 0 Å². The number of fused-ring (bicyclic) bond motifs is 1. The van der Waals surface area contributed by atoms with Gasteiger partial charge in [-0.15, -0.1) is 0 Å². The summed E-state index contributed by atoms with van der Waals surface area (Å²) < 4.78 is 11.8. The van der Waals surface area contributed by atoms with Gasteiger partial charge in [-0.3, -0.25) is 0 Å². The van der Waals surface area contributed by atoms with Crippen molar-refractivity contribution in [2.45, 2.75) is 25.8 Å². The second kappa shape index (κ2) is 6.39. The predicted octanol–water partition coefficient (Wildman–Crippen LogP) is 4.61. The fourth-order valence-electron chi connectivity index (χ4n) is 2.38. The summed E-state index contributed by atoms with van der Waals surface area (Å²) >= 11 is 3.45. The average molecular weight is 348 g/mol. The Morgan fingerprint density at radius 1 is 1.10 bits per heavy atom. The van der Waals surface area contributed by atoms with Gasteiger partial charge in [0.05, 0.1) is 0 Å². The maximum Gasteiger partial charge on any atom is 0.231 e. The topological polar surface area (TPSA) is 30.5 Å². The molecule has 2 aromatic carbocycles. The van der Waals surface area contributed by atoms with Crippen molar-refractivity contribution in [3.63, 3.8) is 0 Å². The smallest absolute Gasteiger partial charge is 0.231 e. The van der Waals surface area contributed by atoms with E-state index in [1.165, 1.54) is 5.56 Å². The van der Waals surface area contributed by atoms with Crippen LogP contribution in [0.25, 0.3) is 0 Å². The molecule has 1 atom stereocenters. The molecule has 0 radical (unpaired) electrons. The fraction of sp³-hybridized carbons (Fsp3) is 0.294. The summed E-state index contributed by atoms with van der Waals surface area (Å²) in [5.41, 5.74) is 2.43. The number of rotatable bonds is 5. The van der Waals surface area contributed by atoms with E-state index in [-0.39, 0.29) is 0 Å². The molecule has 1 N–H and O–H groups in total. The first kappa shape index (κ1) is 14.3. The third-order valence-corrected chi connectivity index (χ3v) is 4.09. The zero-order chi connectivity index (χ0) is 14.7. The van der Waals surface area contributed by atoms with Crippen LogP contribution in [0.4, 0.5) is 5.69 Å². The zero-order valence-electron chi connectivity index (χ0n) is 11.9. The molecule has 0 bridgehead atoms. The highest BCUT2D eigenvalue weighted by Gasteiger charge is 2.13. The van der Waals surface area contributed by atoms with Gasteiger partial charge in [-0.05, 0) is 61.7 Å². The monoisotopic (exact) mass is 347 g/mol. The van der Waals surface area contributed by atoms with Crippen molar-refractivity contribution in [3.05, 3.63) is 52.5 Å². The Hall–Kier alpha value is -1.68. The van der Waals surface area contributed by atoms with E-state index in [9.17, 15) is 0 Å². The van der Waals surface area contributed by atoms with Crippen LogP contribution in [0.5, 0.6) is 11.5 Å². The normalized spacial score (nSPS) is 14.0. The van der Waals surface area contributed by atoms with Gasteiger partial charge in [-0.1, -0.05) is 22.0 Å². The lowest BCUT2D eigenvalue weighted by atomic mass is 10.1. The van der Waals surface area contributed by atoms with Crippen LogP contribution in [0.3, 0.4) is 0 Å². The van der Waals surface area contributed by atoms with Crippen molar-refractivity contribution in [1.29, 1.82) is 0 Å². The van der Waals surface area contributed by atoms with Crippen molar-refractivity contribution in [3.8, 4) is 11.5 Å². The Labute approximate surface area is 133 Å². The molecule has 3 rings (SSSR count). The van der Waals surface area contributed by atoms with E-state index in [4.69, 9.17) is 9.47 Å². The minimum atomic E-state index is 0.334. The molecule has 0 amide bonds. The van der Waals surface area contributed by atoms with Crippen molar-refractivity contribution in [2.75, 3.05) is 12.1 Å². The van der Waals surface area contributed by atoms with Crippen LogP contribution >= 0.6 is 15.9 Å². The molecule has 0 fully saturated rings. The molecule has 0 saturated heterocycles. The quantitative estimate of drug-likeness (QED) is 0.856. The molecule has 4 heteroatoms. The molecule has 1 unspecified atom stereocenters. The predicted molar refractivity (Wildman–Crippen MR) is 88.1 cm³/mol. The van der Waals surface area contributed by atoms with Crippen molar-refractivity contribution in [1.82, 2.24) is 0 Å². The van der Waals surface area contributed by atoms with Crippen LogP contribution in [0.15, 0.2) is 46.9 Å². The first-order chi connectivity index (χ1) is 10.2. The molecule has 0 spiro atoms. The van der Waals surface area contributed by atoms with Gasteiger partial charge in [-0.2, -0.15) is 0 Å². The maximum atomic E-state index is 5.41. The number of benzene rings is 2. The van der Waals surface area contributed by atoms with Gasteiger partial charge in [-0.25, -0.2) is 0 Å². The van der Waals surface area contributed by atoms with Crippen LogP contribution in [-0.4, -0.2) is 12.8 Å². The van der Waals surface area contributed by atoms with E-state index < -0.39 is 0 Å². The lowest BCUT2D eigenvalue weighted by Crippen LogP contribution is -2.15. The Morgan fingerprint density at radius 2 is 1.86 bits per heavy atom. The fourth-order valence-corrected chi connectivity index (χ4v) is 2.65. The van der Waals surface area contributed by atoms with E-state index in [1.807, 2.05) is 18.2 Å². The second-order valence-corrected chi connectivity index (χ2v) is 6.19. The third kappa shape index (κ3) is 3.70. The van der Waals surface area contributed by atoms with Gasteiger partial charge in [0, 0.05) is 16.2 Å². The zero-order valence-corrected chi connectivity index (χ0v) is 13.5. The summed E-state index contributed by atoms with van der Waals surface area (Å²) in [5.74, 6) is 1.71. The summed E-state index contributed by atoms with van der Waals surface area (Å²) in [6.07, 6.45) is 2.08. The highest BCUT2D eigenvalue weighted by Crippen LogP contribution is 2.32. The van der Waals surface area contributed by atoms with Crippen LogP contribution in [0.1, 0.15) is 18.9 Å². The summed E-state index contributed by atoms with van der Waals surface area (Å²) in [6.45, 7) is 2.54. The van der Waals surface area contributed by atoms with Crippen LogP contribution in [-0.2, 0) is 6.42 Å². The molecule has 1 aliphatic rings. The van der Waals surface area contributed by atoms with E-state index in [2.05, 4.69) is 52.4 Å². The number of hydrogen-bond donors (Lipinski definition) is 1. The molecular formula is C17H18BrNO2. The lowest BCUT2D eigenvalue weighted by Gasteiger charge is -2.15. The molecule has 2 aromatic rings. The van der Waals surface area contributed by atoms with Gasteiger partial charge in [0.25, 0.3) is 0 Å². The molecule has 0 aliphatic carbocycles. The number of hydrogen-bond acceptors (Lipinski definition) is 3. The van der Waals surface area contributed by atoms with Crippen LogP contribution in [0, 0.1) is 0 Å². The number of nitrogens with one attached hydrogen (secondary N) is 1. The first-order valence-electron chi connectivity index (χ1n) is 7.11. The molecule has 1 aliphatic heterocycles. The summed E-state index contributed by atoms with van der Waals surface area (Å²) in [4.78, 5) is 0. The molecule has 21 heavy (non-hydrogen) atoms. The lowest BCUT2D eigenvalue weighted by molar-refractivity contribution is 0.174. The molecule has 110 valence electrons. The SMILES string of the molecule is CC(CCc1ccc2c(c1)OCO2)Nc1ccc(Br)cc1. The van der Waals surface area contributed by atoms with Gasteiger partial charge >= 0.3 is 0 Å². The Balaban J connectivity index is 1.53. The molecular weight excluding hydrogens is 330 g/mol. The third-order valence-electron chi connectivity index (χ3n) is 3.56. The van der Waals surface area contributed by atoms with Gasteiger partial charge in [0.1, 0.15) is 0 Å². The standard InChI is InChI=1S/C17H18BrNO2/c1-12(19-15-7-5-14(18)6-8-15)2-3-13-4-9-16-17(10-13)21-11-20-16/h4-10,12,19H,2-3,11H2,1H3. The molecule has 0 aromatic heterocycles. The van der Waals surface area contributed by atoms with Gasteiger partial charge in [0.15, 0.2) is 11.5 Å². The average Bonchev–Trinajstić information content (AvgIpc) is 2.95. The minimum Gasteiger partial charge on any atom is -0.454 e. The number of anilines is 1. The van der Waals surface area contributed by atoms with Gasteiger partial charge < -0.3 is 14.8 Å². The van der Waals surface area contributed by atoms with E-state index >= 15 is 0 Å². The Bertz CT molecular complexity index is 613. The maximum absolute atomic E-state index is 5.41. The number of ether oxygens (including phenoxy) is 2. The highest BCUT2D eigenvalue weighted by molar-refractivity contribution is 9.10. The molecule has 0 saturated carbocycles. The summed E-state index contributed by atoms with van der Waals surface area (Å²) in [5, 5.41) is 3.51. The Kier molecular flexibility index (Phi) is 4.34. The number of aryl methyl sites for hydroxylation is 1. The summed E-state index contributed by atoms with van der Waals surface area (Å²) in [6, 6.07) is 14.9. The molecule has 3 nitrogen and oxygen atoms in total. The minimum absolute atomic E-state index is 0.334. The highest BCUT2D eigenvalue weighted by atomic mass is 79.9. The first-order valence-corrected chi connectivity index (χ1v) is 7.90. The van der Waals surface area contributed by atoms with E-state index in [1.54, 1.807) is 0 Å². The van der Waals surface area contributed by atoms with Crippen LogP contribution < -0.4 is 14.8 Å². The van der Waals surface area contributed by atoms with E-state index in [0.29, 0.717) is 12.8 Å². The van der Waals surface area contributed by atoms with Crippen molar-refractivity contribution >= 4 is 21.6 Å².